The van der Waals surface area contributed by atoms with E-state index in [1.807, 2.05) is 0 Å². The first kappa shape index (κ1) is 8.04. The SMILES string of the molecule is NC(=O)c1ccnc(OC2CC2)c1. The number of nitrogens with two attached hydrogens (primary N) is 1. The number of carbonyl (C=O) groups excluding carboxylic acids is 1. The Morgan fingerprint density at radius 1 is 1.62 bits per heavy atom. The molecule has 0 saturated heterocycles. The summed E-state index contributed by atoms with van der Waals surface area (Å²) in [5, 5.41) is 0. The van der Waals surface area contributed by atoms with Crippen LogP contribution in [-0.4, -0.2) is 17.0 Å². The van der Waals surface area contributed by atoms with Crippen LogP contribution in [0.3, 0.4) is 0 Å². The zero-order chi connectivity index (χ0) is 9.26. The Kier molecular flexibility index (Phi) is 1.88. The molecule has 2 rings (SSSR count). The van der Waals surface area contributed by atoms with Gasteiger partial charge in [-0.15, -0.1) is 0 Å². The lowest BCUT2D eigenvalue weighted by molar-refractivity contribution is 0.0999. The molecule has 0 spiro atoms. The van der Waals surface area contributed by atoms with Crippen LogP contribution in [0.25, 0.3) is 0 Å². The second kappa shape index (κ2) is 3.05. The third-order valence-electron chi connectivity index (χ3n) is 1.83. The van der Waals surface area contributed by atoms with Gasteiger partial charge in [0.2, 0.25) is 11.8 Å². The molecule has 4 nitrogen and oxygen atoms in total. The van der Waals surface area contributed by atoms with Crippen molar-refractivity contribution < 1.29 is 9.53 Å². The molecule has 0 unspecified atom stereocenters. The van der Waals surface area contributed by atoms with Crippen LogP contribution in [0.2, 0.25) is 0 Å². The molecule has 1 saturated carbocycles. The van der Waals surface area contributed by atoms with E-state index in [-0.39, 0.29) is 6.10 Å². The summed E-state index contributed by atoms with van der Waals surface area (Å²) in [6.45, 7) is 0. The van der Waals surface area contributed by atoms with E-state index in [1.54, 1.807) is 12.1 Å². The molecular weight excluding hydrogens is 168 g/mol. The molecule has 0 aromatic carbocycles. The highest BCUT2D eigenvalue weighted by Crippen LogP contribution is 2.25. The van der Waals surface area contributed by atoms with Gasteiger partial charge in [-0.2, -0.15) is 0 Å². The monoisotopic (exact) mass is 178 g/mol. The molecule has 0 radical (unpaired) electrons. The quantitative estimate of drug-likeness (QED) is 0.741. The molecule has 1 amide bonds. The number of amides is 1. The summed E-state index contributed by atoms with van der Waals surface area (Å²) in [6.07, 6.45) is 3.96. The second-order valence-electron chi connectivity index (χ2n) is 3.06. The van der Waals surface area contributed by atoms with Crippen LogP contribution in [0.5, 0.6) is 5.88 Å². The summed E-state index contributed by atoms with van der Waals surface area (Å²) in [6, 6.07) is 3.14. The van der Waals surface area contributed by atoms with Gasteiger partial charge in [0.05, 0.1) is 0 Å². The van der Waals surface area contributed by atoms with E-state index in [4.69, 9.17) is 10.5 Å². The van der Waals surface area contributed by atoms with E-state index in [2.05, 4.69) is 4.98 Å². The predicted molar refractivity (Wildman–Crippen MR) is 46.4 cm³/mol. The number of carbonyl (C=O) groups is 1. The van der Waals surface area contributed by atoms with E-state index in [1.165, 1.54) is 6.20 Å². The third-order valence-corrected chi connectivity index (χ3v) is 1.83. The predicted octanol–water partition coefficient (Wildman–Crippen LogP) is 0.722. The maximum Gasteiger partial charge on any atom is 0.248 e. The Morgan fingerprint density at radius 3 is 3.00 bits per heavy atom. The topological polar surface area (TPSA) is 65.2 Å². The molecule has 1 aromatic rings. The van der Waals surface area contributed by atoms with Gasteiger partial charge in [-0.05, 0) is 18.9 Å². The average Bonchev–Trinajstić information content (AvgIpc) is 2.89. The van der Waals surface area contributed by atoms with Crippen LogP contribution in [0.4, 0.5) is 0 Å². The Morgan fingerprint density at radius 2 is 2.38 bits per heavy atom. The van der Waals surface area contributed by atoms with Crippen molar-refractivity contribution in [3.05, 3.63) is 23.9 Å². The van der Waals surface area contributed by atoms with Crippen molar-refractivity contribution in [2.24, 2.45) is 5.73 Å². The zero-order valence-corrected chi connectivity index (χ0v) is 7.06. The fraction of sp³-hybridized carbons (Fsp3) is 0.333. The number of aromatic nitrogens is 1. The third kappa shape index (κ3) is 1.96. The van der Waals surface area contributed by atoms with E-state index in [9.17, 15) is 4.79 Å². The van der Waals surface area contributed by atoms with Crippen molar-refractivity contribution in [1.29, 1.82) is 0 Å². The largest absolute Gasteiger partial charge is 0.474 e. The van der Waals surface area contributed by atoms with Gasteiger partial charge < -0.3 is 10.5 Å². The van der Waals surface area contributed by atoms with Crippen molar-refractivity contribution in [1.82, 2.24) is 4.98 Å². The smallest absolute Gasteiger partial charge is 0.248 e. The lowest BCUT2D eigenvalue weighted by atomic mass is 10.2. The second-order valence-corrected chi connectivity index (χ2v) is 3.06. The van der Waals surface area contributed by atoms with Crippen LogP contribution < -0.4 is 10.5 Å². The number of ether oxygens (including phenoxy) is 1. The molecule has 1 aliphatic carbocycles. The lowest BCUT2D eigenvalue weighted by Crippen LogP contribution is -2.11. The summed E-state index contributed by atoms with van der Waals surface area (Å²) in [7, 11) is 0. The molecule has 4 heteroatoms. The maximum absolute atomic E-state index is 10.8. The minimum Gasteiger partial charge on any atom is -0.474 e. The van der Waals surface area contributed by atoms with E-state index in [0.717, 1.165) is 12.8 Å². The molecule has 2 N–H and O–H groups in total. The minimum atomic E-state index is -0.456. The molecule has 68 valence electrons. The van der Waals surface area contributed by atoms with E-state index >= 15 is 0 Å². The van der Waals surface area contributed by atoms with Gasteiger partial charge in [0.15, 0.2) is 0 Å². The van der Waals surface area contributed by atoms with Crippen molar-refractivity contribution in [2.75, 3.05) is 0 Å². The number of pyridine rings is 1. The molecule has 13 heavy (non-hydrogen) atoms. The zero-order valence-electron chi connectivity index (χ0n) is 7.06. The fourth-order valence-electron chi connectivity index (χ4n) is 0.984. The van der Waals surface area contributed by atoms with E-state index in [0.29, 0.717) is 11.4 Å². The van der Waals surface area contributed by atoms with Crippen LogP contribution >= 0.6 is 0 Å². The van der Waals surface area contributed by atoms with Gasteiger partial charge in [-0.1, -0.05) is 0 Å². The van der Waals surface area contributed by atoms with Crippen LogP contribution in [0, 0.1) is 0 Å². The minimum absolute atomic E-state index is 0.288. The standard InChI is InChI=1S/C9H10N2O2/c10-9(12)6-3-4-11-8(5-6)13-7-1-2-7/h3-5,7H,1-2H2,(H2,10,12). The van der Waals surface area contributed by atoms with Crippen molar-refractivity contribution >= 4 is 5.91 Å². The number of hydrogen-bond acceptors (Lipinski definition) is 3. The summed E-state index contributed by atoms with van der Waals surface area (Å²) in [4.78, 5) is 14.8. The Bertz CT molecular complexity index is 334. The average molecular weight is 178 g/mol. The van der Waals surface area contributed by atoms with E-state index < -0.39 is 5.91 Å². The number of primary amides is 1. The first-order valence-corrected chi connectivity index (χ1v) is 4.18. The molecular formula is C9H10N2O2. The van der Waals surface area contributed by atoms with Gasteiger partial charge in [-0.3, -0.25) is 4.79 Å². The Balaban J connectivity index is 2.15. The summed E-state index contributed by atoms with van der Waals surface area (Å²) in [5.41, 5.74) is 5.54. The number of hydrogen-bond donors (Lipinski definition) is 1. The number of rotatable bonds is 3. The highest BCUT2D eigenvalue weighted by molar-refractivity contribution is 5.92. The van der Waals surface area contributed by atoms with Gasteiger partial charge in [-0.25, -0.2) is 4.98 Å². The first-order chi connectivity index (χ1) is 6.25. The molecule has 1 heterocycles. The fourth-order valence-corrected chi connectivity index (χ4v) is 0.984. The normalized spacial score (nSPS) is 15.4. The molecule has 0 atom stereocenters. The Labute approximate surface area is 75.7 Å². The lowest BCUT2D eigenvalue weighted by Gasteiger charge is -2.02. The van der Waals surface area contributed by atoms with Gasteiger partial charge in [0.1, 0.15) is 6.10 Å². The maximum atomic E-state index is 10.8. The van der Waals surface area contributed by atoms with Crippen molar-refractivity contribution in [3.63, 3.8) is 0 Å². The van der Waals surface area contributed by atoms with Crippen molar-refractivity contribution in [3.8, 4) is 5.88 Å². The highest BCUT2D eigenvalue weighted by atomic mass is 16.5. The first-order valence-electron chi connectivity index (χ1n) is 4.18. The molecule has 1 fully saturated rings. The summed E-state index contributed by atoms with van der Waals surface area (Å²) >= 11 is 0. The summed E-state index contributed by atoms with van der Waals surface area (Å²) < 4.78 is 5.40. The Hall–Kier alpha value is -1.58. The number of nitrogens with zero attached hydrogens (tertiary/aromatic N) is 1. The van der Waals surface area contributed by atoms with Gasteiger partial charge >= 0.3 is 0 Å². The van der Waals surface area contributed by atoms with Crippen molar-refractivity contribution in [2.45, 2.75) is 18.9 Å². The van der Waals surface area contributed by atoms with Gasteiger partial charge in [0.25, 0.3) is 0 Å². The van der Waals surface area contributed by atoms with Crippen LogP contribution in [0.1, 0.15) is 23.2 Å². The summed E-state index contributed by atoms with van der Waals surface area (Å²) in [5.74, 6) is 0.0295. The van der Waals surface area contributed by atoms with Crippen LogP contribution in [-0.2, 0) is 0 Å². The molecule has 1 aliphatic rings. The molecule has 1 aromatic heterocycles. The molecule has 0 aliphatic heterocycles. The van der Waals surface area contributed by atoms with Crippen LogP contribution in [0.15, 0.2) is 18.3 Å². The highest BCUT2D eigenvalue weighted by Gasteiger charge is 2.24. The van der Waals surface area contributed by atoms with Gasteiger partial charge in [0, 0.05) is 17.8 Å². The molecule has 0 bridgehead atoms.